The first-order valence-electron chi connectivity index (χ1n) is 9.05. The van der Waals surface area contributed by atoms with Gasteiger partial charge in [-0.1, -0.05) is 0 Å². The molecule has 1 aromatic rings. The molecule has 33 heavy (non-hydrogen) atoms. The van der Waals surface area contributed by atoms with Crippen LogP contribution in [0, 0.1) is 0 Å². The summed E-state index contributed by atoms with van der Waals surface area (Å²) in [7, 11) is 4.51. The molecule has 2 N–H and O–H groups in total. The van der Waals surface area contributed by atoms with Crippen LogP contribution < -0.4 is 4.62 Å². The van der Waals surface area contributed by atoms with Crippen molar-refractivity contribution >= 4 is 85.5 Å². The van der Waals surface area contributed by atoms with Crippen LogP contribution in [0.2, 0.25) is 0 Å². The summed E-state index contributed by atoms with van der Waals surface area (Å²) >= 11 is 35.3. The van der Waals surface area contributed by atoms with Crippen molar-refractivity contribution in [1.82, 2.24) is 29.2 Å². The Kier molecular flexibility index (Phi) is 15.2. The van der Waals surface area contributed by atoms with Crippen molar-refractivity contribution in [3.8, 4) is 0 Å². The van der Waals surface area contributed by atoms with Crippen molar-refractivity contribution in [3.05, 3.63) is 12.4 Å². The molecule has 0 unspecified atom stereocenters. The molecule has 1 aliphatic carbocycles. The van der Waals surface area contributed by atoms with Crippen LogP contribution in [0.3, 0.4) is 0 Å². The molecule has 1 aromatic heterocycles. The van der Waals surface area contributed by atoms with Gasteiger partial charge in [0.25, 0.3) is 0 Å². The van der Waals surface area contributed by atoms with Crippen molar-refractivity contribution in [1.29, 1.82) is 0 Å². The van der Waals surface area contributed by atoms with E-state index in [1.54, 1.807) is 12.4 Å². The van der Waals surface area contributed by atoms with E-state index in [1.807, 2.05) is 42.3 Å². The van der Waals surface area contributed by atoms with Crippen LogP contribution in [-0.2, 0) is 4.57 Å². The average molecular weight is 639 g/mol. The van der Waals surface area contributed by atoms with E-state index in [0.717, 1.165) is 0 Å². The van der Waals surface area contributed by atoms with E-state index < -0.39 is 48.1 Å². The van der Waals surface area contributed by atoms with Gasteiger partial charge in [-0.25, -0.2) is 4.57 Å². The minimum Gasteiger partial charge on any atom is -0.299 e. The zero-order valence-corrected chi connectivity index (χ0v) is 25.0. The molecule has 1 saturated carbocycles. The fourth-order valence-corrected chi connectivity index (χ4v) is 8.44. The molecule has 0 aliphatic heterocycles. The molecule has 1 aliphatic rings. The van der Waals surface area contributed by atoms with Crippen LogP contribution in [0.4, 0.5) is 4.20 Å². The van der Waals surface area contributed by atoms with Crippen LogP contribution in [-0.4, -0.2) is 114 Å². The fourth-order valence-electron chi connectivity index (χ4n) is 2.87. The number of hydrogen-bond donors (Lipinski definition) is 2. The number of halogens is 7. The second-order valence-corrected chi connectivity index (χ2v) is 15.3. The quantitative estimate of drug-likeness (QED) is 0.370. The Balaban J connectivity index is 0.000000530. The maximum absolute atomic E-state index is 10.4. The molecule has 0 atom stereocenters. The molecular weight excluding hydrogens is 610 g/mol. The van der Waals surface area contributed by atoms with E-state index >= 15 is 0 Å². The third-order valence-corrected chi connectivity index (χ3v) is 12.1. The van der Waals surface area contributed by atoms with E-state index in [2.05, 4.69) is 24.3 Å². The summed E-state index contributed by atoms with van der Waals surface area (Å²) in [5, 5.41) is 4.97. The van der Waals surface area contributed by atoms with Gasteiger partial charge in [-0.3, -0.25) is 9.79 Å². The molecule has 10 nitrogen and oxygen atoms in total. The SMILES string of the molecule is CN(C)[PH](On1ccnn1)(N(C)C)N(C)C.Cl[C@H]1[C@H](Cl)[C@@H](Cl)[C@@H](Cl)[C@H](Cl)[C@H]1Cl.O=P(O)(O)F. The van der Waals surface area contributed by atoms with E-state index in [-0.39, 0.29) is 0 Å². The van der Waals surface area contributed by atoms with Crippen molar-refractivity contribution in [3.63, 3.8) is 0 Å². The molecule has 19 heteroatoms. The zero-order valence-electron chi connectivity index (χ0n) is 18.6. The molecule has 0 spiro atoms. The first-order valence-corrected chi connectivity index (χ1v) is 14.9. The Morgan fingerprint density at radius 1 is 0.848 bits per heavy atom. The molecule has 0 bridgehead atoms. The molecular formula is C14H29Cl6FN6O4P2. The normalized spacial score (nSPS) is 28.7. The van der Waals surface area contributed by atoms with E-state index in [4.69, 9.17) is 88.6 Å². The van der Waals surface area contributed by atoms with Crippen LogP contribution in [0.1, 0.15) is 0 Å². The minimum absolute atomic E-state index is 0.437. The number of alkyl halides is 6. The summed E-state index contributed by atoms with van der Waals surface area (Å²) < 4.78 is 31.3. The monoisotopic (exact) mass is 636 g/mol. The van der Waals surface area contributed by atoms with Gasteiger partial charge in [0.05, 0.1) is 32.3 Å². The van der Waals surface area contributed by atoms with Gasteiger partial charge in [0.1, 0.15) is 0 Å². The van der Waals surface area contributed by atoms with Gasteiger partial charge in [0.15, 0.2) is 0 Å². The summed E-state index contributed by atoms with van der Waals surface area (Å²) in [5.41, 5.74) is 0. The molecule has 1 heterocycles. The van der Waals surface area contributed by atoms with Crippen molar-refractivity contribution < 1.29 is 23.2 Å². The topological polar surface area (TPSA) is 107 Å². The smallest absolute Gasteiger partial charge is 0.299 e. The minimum atomic E-state index is -5.14. The molecule has 0 aromatic carbocycles. The summed E-state index contributed by atoms with van der Waals surface area (Å²) in [6, 6.07) is 0. The van der Waals surface area contributed by atoms with E-state index in [0.29, 0.717) is 0 Å². The van der Waals surface area contributed by atoms with Crippen molar-refractivity contribution in [2.45, 2.75) is 32.3 Å². The predicted molar refractivity (Wildman–Crippen MR) is 137 cm³/mol. The predicted octanol–water partition coefficient (Wildman–Crippen LogP) is 3.49. The Morgan fingerprint density at radius 3 is 1.30 bits per heavy atom. The molecule has 0 saturated heterocycles. The van der Waals surface area contributed by atoms with Crippen LogP contribution in [0.5, 0.6) is 0 Å². The van der Waals surface area contributed by atoms with Gasteiger partial charge < -0.3 is 0 Å². The van der Waals surface area contributed by atoms with E-state index in [9.17, 15) is 4.20 Å². The van der Waals surface area contributed by atoms with Crippen molar-refractivity contribution in [2.24, 2.45) is 0 Å². The second kappa shape index (κ2) is 14.7. The Hall–Kier alpha value is 1.07. The molecule has 2 rings (SSSR count). The summed E-state index contributed by atoms with van der Waals surface area (Å²) in [4.78, 5) is 15.3. The van der Waals surface area contributed by atoms with Crippen molar-refractivity contribution in [2.75, 3.05) is 42.3 Å². The first-order chi connectivity index (χ1) is 14.9. The van der Waals surface area contributed by atoms with Gasteiger partial charge in [0.2, 0.25) is 0 Å². The van der Waals surface area contributed by atoms with Crippen LogP contribution in [0.15, 0.2) is 12.4 Å². The van der Waals surface area contributed by atoms with Gasteiger partial charge in [-0.15, -0.1) is 73.8 Å². The average Bonchev–Trinajstić information content (AvgIpc) is 3.19. The number of nitrogens with zero attached hydrogens (tertiary/aromatic N) is 6. The molecule has 0 radical (unpaired) electrons. The largest absolute Gasteiger partial charge is 0.507 e. The van der Waals surface area contributed by atoms with Crippen LogP contribution in [0.25, 0.3) is 0 Å². The summed E-state index contributed by atoms with van der Waals surface area (Å²) in [6.07, 6.45) is 3.29. The fraction of sp³-hybridized carbons (Fsp3) is 0.857. The Labute approximate surface area is 223 Å². The zero-order chi connectivity index (χ0) is 26.3. The third kappa shape index (κ3) is 10.5. The first kappa shape index (κ1) is 34.1. The summed E-state index contributed by atoms with van der Waals surface area (Å²) in [5.74, 6) is 0. The number of hydrogen-bond acceptors (Lipinski definition) is 7. The third-order valence-electron chi connectivity index (χ3n) is 4.19. The maximum atomic E-state index is 10.4. The maximum Gasteiger partial charge on any atom is 0.507 e. The van der Waals surface area contributed by atoms with E-state index in [1.165, 1.54) is 4.85 Å². The van der Waals surface area contributed by atoms with Gasteiger partial charge in [0, 0.05) is 0 Å². The number of rotatable bonds is 5. The van der Waals surface area contributed by atoms with Crippen LogP contribution >= 0.6 is 85.5 Å². The Bertz CT molecular complexity index is 648. The molecule has 1 fully saturated rings. The number of aromatic nitrogens is 3. The Morgan fingerprint density at radius 2 is 1.12 bits per heavy atom. The standard InChI is InChI=1S/C8H21N6OP.C6H6Cl6.FH2O3P/c1-11(2)16(12(3)4,13(5)6)15-14-8-7-9-10-14;7-1-2(8)4(10)6(12)5(11)3(1)9;1-5(2,3)4/h7-8,16H,1-6H3;1-6H;(H2,2,3,4)/t;1-,2-,3-,4+,5+,6+;. The van der Waals surface area contributed by atoms with Gasteiger partial charge in [-0.05, 0) is 0 Å². The van der Waals surface area contributed by atoms with Gasteiger partial charge in [-0.2, -0.15) is 0 Å². The molecule has 0 amide bonds. The van der Waals surface area contributed by atoms with Gasteiger partial charge >= 0.3 is 104 Å². The molecule has 198 valence electrons. The summed E-state index contributed by atoms with van der Waals surface area (Å²) in [6.45, 7) is 0. The second-order valence-electron chi connectivity index (χ2n) is 7.29.